The van der Waals surface area contributed by atoms with Crippen LogP contribution in [-0.4, -0.2) is 34.0 Å². The molecule has 0 spiro atoms. The van der Waals surface area contributed by atoms with E-state index in [1.807, 2.05) is 6.26 Å². The predicted molar refractivity (Wildman–Crippen MR) is 85.1 cm³/mol. The molecule has 1 aromatic rings. The highest BCUT2D eigenvalue weighted by Gasteiger charge is 2.21. The lowest BCUT2D eigenvalue weighted by atomic mass is 10.2. The fourth-order valence-electron chi connectivity index (χ4n) is 1.63. The quantitative estimate of drug-likeness (QED) is 0.675. The molecule has 0 bridgehead atoms. The summed E-state index contributed by atoms with van der Waals surface area (Å²) in [6.07, 6.45) is 2.66. The number of benzene rings is 1. The number of rotatable bonds is 8. The Kier molecular flexibility index (Phi) is 7.46. The van der Waals surface area contributed by atoms with Crippen LogP contribution in [0.25, 0.3) is 0 Å². The van der Waals surface area contributed by atoms with Crippen LogP contribution in [0.4, 0.5) is 4.39 Å². The second-order valence-electron chi connectivity index (χ2n) is 4.15. The van der Waals surface area contributed by atoms with E-state index in [0.29, 0.717) is 23.0 Å². The molecule has 0 radical (unpaired) electrons. The van der Waals surface area contributed by atoms with E-state index < -0.39 is 15.8 Å². The number of thioether (sulfide) groups is 1. The molecule has 0 aromatic heterocycles. The van der Waals surface area contributed by atoms with Gasteiger partial charge in [0.1, 0.15) is 10.7 Å². The van der Waals surface area contributed by atoms with Gasteiger partial charge in [-0.3, -0.25) is 0 Å². The van der Waals surface area contributed by atoms with Gasteiger partial charge in [0, 0.05) is 23.1 Å². The third kappa shape index (κ3) is 5.00. The minimum absolute atomic E-state index is 0.264. The molecule has 0 amide bonds. The molecule has 0 atom stereocenters. The van der Waals surface area contributed by atoms with Crippen LogP contribution in [0.2, 0.25) is 0 Å². The smallest absolute Gasteiger partial charge is 0.243 e. The third-order valence-electron chi connectivity index (χ3n) is 2.55. The van der Waals surface area contributed by atoms with Crippen molar-refractivity contribution in [3.8, 4) is 0 Å². The number of hydrogen-bond donors (Lipinski definition) is 2. The maximum atomic E-state index is 14.2. The first-order chi connectivity index (χ1) is 9.42. The molecule has 0 saturated heterocycles. The fraction of sp³-hybridized carbons (Fsp3) is 0.500. The SMILES string of the molecule is CNCc1cc(Br)cc(S(=O)(=O)NCCCSC)c1F. The second kappa shape index (κ2) is 8.33. The Morgan fingerprint density at radius 2 is 2.10 bits per heavy atom. The first kappa shape index (κ1) is 17.9. The first-order valence-electron chi connectivity index (χ1n) is 6.03. The molecule has 0 fully saturated rings. The molecule has 1 rings (SSSR count). The van der Waals surface area contributed by atoms with Crippen LogP contribution in [0.5, 0.6) is 0 Å². The van der Waals surface area contributed by atoms with Crippen molar-refractivity contribution in [3.63, 3.8) is 0 Å². The Bertz CT molecular complexity index is 553. The minimum atomic E-state index is -3.83. The Morgan fingerprint density at radius 3 is 2.70 bits per heavy atom. The normalized spacial score (nSPS) is 11.8. The van der Waals surface area contributed by atoms with E-state index in [2.05, 4.69) is 26.0 Å². The average Bonchev–Trinajstić information content (AvgIpc) is 2.39. The molecule has 8 heteroatoms. The molecule has 4 nitrogen and oxygen atoms in total. The second-order valence-corrected chi connectivity index (χ2v) is 7.79. The van der Waals surface area contributed by atoms with E-state index in [9.17, 15) is 12.8 Å². The topological polar surface area (TPSA) is 58.2 Å². The highest BCUT2D eigenvalue weighted by molar-refractivity contribution is 9.10. The molecule has 0 unspecified atom stereocenters. The maximum absolute atomic E-state index is 14.2. The average molecular weight is 385 g/mol. The lowest BCUT2D eigenvalue weighted by Crippen LogP contribution is -2.26. The van der Waals surface area contributed by atoms with Crippen molar-refractivity contribution < 1.29 is 12.8 Å². The summed E-state index contributed by atoms with van der Waals surface area (Å²) < 4.78 is 41.4. The van der Waals surface area contributed by atoms with E-state index in [4.69, 9.17) is 0 Å². The zero-order valence-electron chi connectivity index (χ0n) is 11.4. The standard InChI is InChI=1S/C12H18BrFN2O2S2/c1-15-8-9-6-10(13)7-11(12(9)14)20(17,18)16-4-3-5-19-2/h6-7,15-16H,3-5,8H2,1-2H3. The molecule has 0 saturated carbocycles. The maximum Gasteiger partial charge on any atom is 0.243 e. The van der Waals surface area contributed by atoms with Crippen LogP contribution in [-0.2, 0) is 16.6 Å². The Balaban J connectivity index is 2.99. The summed E-state index contributed by atoms with van der Waals surface area (Å²) in [5, 5.41) is 2.81. The molecule has 0 aliphatic carbocycles. The monoisotopic (exact) mass is 384 g/mol. The molecule has 1 aromatic carbocycles. The van der Waals surface area contributed by atoms with Crippen molar-refractivity contribution in [2.75, 3.05) is 25.6 Å². The van der Waals surface area contributed by atoms with Gasteiger partial charge in [0.25, 0.3) is 0 Å². The van der Waals surface area contributed by atoms with Gasteiger partial charge in [-0.2, -0.15) is 11.8 Å². The summed E-state index contributed by atoms with van der Waals surface area (Å²) in [5.41, 5.74) is 0.311. The van der Waals surface area contributed by atoms with Crippen molar-refractivity contribution in [3.05, 3.63) is 28.0 Å². The van der Waals surface area contributed by atoms with Gasteiger partial charge in [0.05, 0.1) is 0 Å². The molecular weight excluding hydrogens is 367 g/mol. The van der Waals surface area contributed by atoms with Crippen LogP contribution in [0.3, 0.4) is 0 Å². The zero-order valence-corrected chi connectivity index (χ0v) is 14.6. The van der Waals surface area contributed by atoms with Crippen molar-refractivity contribution in [1.82, 2.24) is 10.0 Å². The molecule has 2 N–H and O–H groups in total. The molecule has 0 heterocycles. The highest BCUT2D eigenvalue weighted by atomic mass is 79.9. The molecular formula is C12H18BrFN2O2S2. The fourth-order valence-corrected chi connectivity index (χ4v) is 3.94. The van der Waals surface area contributed by atoms with Gasteiger partial charge in [-0.15, -0.1) is 0 Å². The summed E-state index contributed by atoms with van der Waals surface area (Å²) in [6, 6.07) is 2.85. The largest absolute Gasteiger partial charge is 0.316 e. The van der Waals surface area contributed by atoms with Crippen LogP contribution in [0, 0.1) is 5.82 Å². The number of hydrogen-bond acceptors (Lipinski definition) is 4. The van der Waals surface area contributed by atoms with E-state index in [-0.39, 0.29) is 11.4 Å². The lowest BCUT2D eigenvalue weighted by Gasteiger charge is -2.11. The number of sulfonamides is 1. The lowest BCUT2D eigenvalue weighted by molar-refractivity contribution is 0.545. The van der Waals surface area contributed by atoms with Gasteiger partial charge >= 0.3 is 0 Å². The molecule has 114 valence electrons. The highest BCUT2D eigenvalue weighted by Crippen LogP contribution is 2.24. The Hall–Kier alpha value is -0.150. The van der Waals surface area contributed by atoms with Crippen molar-refractivity contribution in [2.45, 2.75) is 17.9 Å². The van der Waals surface area contributed by atoms with Gasteiger partial charge in [-0.1, -0.05) is 15.9 Å². The molecule has 0 aliphatic heterocycles. The summed E-state index contributed by atoms with van der Waals surface area (Å²) in [6.45, 7) is 0.566. The zero-order chi connectivity index (χ0) is 15.2. The predicted octanol–water partition coefficient (Wildman–Crippen LogP) is 2.34. The minimum Gasteiger partial charge on any atom is -0.316 e. The van der Waals surface area contributed by atoms with E-state index in [1.165, 1.54) is 6.07 Å². The summed E-state index contributed by atoms with van der Waals surface area (Å²) in [4.78, 5) is -0.318. The summed E-state index contributed by atoms with van der Waals surface area (Å²) >= 11 is 4.85. The van der Waals surface area contributed by atoms with Crippen molar-refractivity contribution in [1.29, 1.82) is 0 Å². The number of halogens is 2. The van der Waals surface area contributed by atoms with Crippen LogP contribution >= 0.6 is 27.7 Å². The van der Waals surface area contributed by atoms with Crippen LogP contribution < -0.4 is 10.0 Å². The van der Waals surface area contributed by atoms with Gasteiger partial charge in [0.2, 0.25) is 10.0 Å². The van der Waals surface area contributed by atoms with Gasteiger partial charge in [-0.25, -0.2) is 17.5 Å². The van der Waals surface area contributed by atoms with Crippen LogP contribution in [0.1, 0.15) is 12.0 Å². The Morgan fingerprint density at radius 1 is 1.40 bits per heavy atom. The first-order valence-corrected chi connectivity index (χ1v) is 9.70. The summed E-state index contributed by atoms with van der Waals surface area (Å²) in [7, 11) is -2.15. The third-order valence-corrected chi connectivity index (χ3v) is 5.17. The van der Waals surface area contributed by atoms with E-state index in [0.717, 1.165) is 5.75 Å². The molecule has 0 aliphatic rings. The van der Waals surface area contributed by atoms with E-state index >= 15 is 0 Å². The Labute approximate surface area is 132 Å². The number of nitrogens with one attached hydrogen (secondary N) is 2. The summed E-state index contributed by atoms with van der Waals surface area (Å²) in [5.74, 6) is 0.147. The van der Waals surface area contributed by atoms with E-state index in [1.54, 1.807) is 24.9 Å². The van der Waals surface area contributed by atoms with Crippen molar-refractivity contribution in [2.24, 2.45) is 0 Å². The van der Waals surface area contributed by atoms with Crippen LogP contribution in [0.15, 0.2) is 21.5 Å². The van der Waals surface area contributed by atoms with Crippen molar-refractivity contribution >= 4 is 37.7 Å². The van der Waals surface area contributed by atoms with Gasteiger partial charge in [-0.05, 0) is 37.6 Å². The van der Waals surface area contributed by atoms with Gasteiger partial charge < -0.3 is 5.32 Å². The van der Waals surface area contributed by atoms with Gasteiger partial charge in [0.15, 0.2) is 0 Å². The molecule has 20 heavy (non-hydrogen) atoms.